The fraction of sp³-hybridized carbons (Fsp3) is 0.538. The summed E-state index contributed by atoms with van der Waals surface area (Å²) in [6.07, 6.45) is 3.11. The zero-order chi connectivity index (χ0) is 10.3. The Morgan fingerprint density at radius 3 is 2.57 bits per heavy atom. The van der Waals surface area contributed by atoms with Gasteiger partial charge in [-0.05, 0) is 62.3 Å². The number of hydrogen-bond donors (Lipinski definition) is 1. The number of aliphatic hydroxyl groups is 1. The number of aryl methyl sites for hydroxylation is 3. The molecular formula is C13H18O. The van der Waals surface area contributed by atoms with E-state index in [-0.39, 0.29) is 0 Å². The summed E-state index contributed by atoms with van der Waals surface area (Å²) in [5.74, 6) is 0. The Hall–Kier alpha value is -0.820. The van der Waals surface area contributed by atoms with Crippen LogP contribution in [0.15, 0.2) is 12.1 Å². The fourth-order valence-corrected chi connectivity index (χ4v) is 2.34. The largest absolute Gasteiger partial charge is 0.385 e. The predicted molar refractivity (Wildman–Crippen MR) is 58.4 cm³/mol. The van der Waals surface area contributed by atoms with Gasteiger partial charge in [-0.1, -0.05) is 12.1 Å². The minimum Gasteiger partial charge on any atom is -0.385 e. The third-order valence-corrected chi connectivity index (χ3v) is 3.41. The molecule has 1 atom stereocenters. The average molecular weight is 190 g/mol. The van der Waals surface area contributed by atoms with E-state index in [1.54, 1.807) is 0 Å². The van der Waals surface area contributed by atoms with Crippen LogP contribution in [-0.4, -0.2) is 5.11 Å². The van der Waals surface area contributed by atoms with Crippen LogP contribution in [0.1, 0.15) is 42.0 Å². The molecule has 76 valence electrons. The molecule has 0 fully saturated rings. The maximum Gasteiger partial charge on any atom is 0.0871 e. The highest BCUT2D eigenvalue weighted by Gasteiger charge is 2.29. The summed E-state index contributed by atoms with van der Waals surface area (Å²) in [7, 11) is 0. The second kappa shape index (κ2) is 3.09. The van der Waals surface area contributed by atoms with Crippen molar-refractivity contribution in [2.45, 2.75) is 45.6 Å². The van der Waals surface area contributed by atoms with E-state index in [1.165, 1.54) is 16.7 Å². The molecule has 0 saturated carbocycles. The van der Waals surface area contributed by atoms with Gasteiger partial charge in [-0.2, -0.15) is 0 Å². The van der Waals surface area contributed by atoms with Gasteiger partial charge >= 0.3 is 0 Å². The lowest BCUT2D eigenvalue weighted by Crippen LogP contribution is -2.27. The van der Waals surface area contributed by atoms with Gasteiger partial charge in [0.15, 0.2) is 0 Å². The number of hydrogen-bond acceptors (Lipinski definition) is 1. The molecule has 0 saturated heterocycles. The van der Waals surface area contributed by atoms with Crippen LogP contribution < -0.4 is 0 Å². The molecule has 1 aliphatic rings. The smallest absolute Gasteiger partial charge is 0.0871 e. The van der Waals surface area contributed by atoms with Crippen LogP contribution in [0.5, 0.6) is 0 Å². The molecule has 1 N–H and O–H groups in total. The van der Waals surface area contributed by atoms with Gasteiger partial charge in [0.25, 0.3) is 0 Å². The quantitative estimate of drug-likeness (QED) is 0.667. The second-order valence-electron chi connectivity index (χ2n) is 4.72. The molecule has 1 unspecified atom stereocenters. The zero-order valence-electron chi connectivity index (χ0n) is 9.22. The molecule has 0 spiro atoms. The fourth-order valence-electron chi connectivity index (χ4n) is 2.34. The normalized spacial score (nSPS) is 26.0. The first-order chi connectivity index (χ1) is 6.50. The van der Waals surface area contributed by atoms with Crippen LogP contribution in [0.25, 0.3) is 0 Å². The maximum absolute atomic E-state index is 10.2. The summed E-state index contributed by atoms with van der Waals surface area (Å²) >= 11 is 0. The van der Waals surface area contributed by atoms with Crippen molar-refractivity contribution in [1.29, 1.82) is 0 Å². The molecule has 1 aromatic carbocycles. The van der Waals surface area contributed by atoms with Crippen LogP contribution in [0.3, 0.4) is 0 Å². The van der Waals surface area contributed by atoms with E-state index in [2.05, 4.69) is 26.0 Å². The van der Waals surface area contributed by atoms with Crippen LogP contribution in [-0.2, 0) is 12.0 Å². The van der Waals surface area contributed by atoms with Crippen molar-refractivity contribution in [3.63, 3.8) is 0 Å². The first-order valence-corrected chi connectivity index (χ1v) is 5.34. The number of rotatable bonds is 0. The van der Waals surface area contributed by atoms with Crippen LogP contribution in [0.4, 0.5) is 0 Å². The van der Waals surface area contributed by atoms with E-state index >= 15 is 0 Å². The molecule has 0 radical (unpaired) electrons. The lowest BCUT2D eigenvalue weighted by atomic mass is 9.79. The summed E-state index contributed by atoms with van der Waals surface area (Å²) in [6, 6.07) is 4.39. The third-order valence-electron chi connectivity index (χ3n) is 3.41. The highest BCUT2D eigenvalue weighted by molar-refractivity contribution is 5.41. The molecule has 0 amide bonds. The Morgan fingerprint density at radius 1 is 1.21 bits per heavy atom. The van der Waals surface area contributed by atoms with Crippen molar-refractivity contribution < 1.29 is 5.11 Å². The third kappa shape index (κ3) is 1.46. The van der Waals surface area contributed by atoms with E-state index < -0.39 is 5.60 Å². The Bertz CT molecular complexity index is 364. The number of benzene rings is 1. The topological polar surface area (TPSA) is 20.2 Å². The summed E-state index contributed by atoms with van der Waals surface area (Å²) in [5, 5.41) is 10.2. The molecule has 1 nitrogen and oxygen atoms in total. The van der Waals surface area contributed by atoms with Crippen molar-refractivity contribution in [3.8, 4) is 0 Å². The Balaban J connectivity index is 2.59. The second-order valence-corrected chi connectivity index (χ2v) is 4.72. The summed E-state index contributed by atoms with van der Waals surface area (Å²) in [6.45, 7) is 6.18. The summed E-state index contributed by atoms with van der Waals surface area (Å²) < 4.78 is 0. The van der Waals surface area contributed by atoms with Gasteiger partial charge < -0.3 is 5.11 Å². The van der Waals surface area contributed by atoms with E-state index in [1.807, 2.05) is 6.92 Å². The number of fused-ring (bicyclic) bond motifs is 1. The van der Waals surface area contributed by atoms with Crippen molar-refractivity contribution in [2.75, 3.05) is 0 Å². The van der Waals surface area contributed by atoms with Gasteiger partial charge in [-0.25, -0.2) is 0 Å². The van der Waals surface area contributed by atoms with Gasteiger partial charge in [0.1, 0.15) is 0 Å². The first-order valence-electron chi connectivity index (χ1n) is 5.34. The van der Waals surface area contributed by atoms with E-state index in [9.17, 15) is 5.11 Å². The Kier molecular flexibility index (Phi) is 2.15. The molecule has 0 aromatic heterocycles. The van der Waals surface area contributed by atoms with E-state index in [4.69, 9.17) is 0 Å². The molecule has 0 bridgehead atoms. The lowest BCUT2D eigenvalue weighted by Gasteiger charge is -2.31. The van der Waals surface area contributed by atoms with Crippen LogP contribution in [0, 0.1) is 13.8 Å². The molecule has 1 heteroatoms. The Labute approximate surface area is 85.8 Å². The minimum atomic E-state index is -0.605. The lowest BCUT2D eigenvalue weighted by molar-refractivity contribution is 0.0386. The van der Waals surface area contributed by atoms with Crippen LogP contribution >= 0.6 is 0 Å². The molecule has 2 rings (SSSR count). The van der Waals surface area contributed by atoms with Crippen molar-refractivity contribution in [2.24, 2.45) is 0 Å². The highest BCUT2D eigenvalue weighted by Crippen LogP contribution is 2.36. The molecule has 0 heterocycles. The molecule has 0 aliphatic heterocycles. The van der Waals surface area contributed by atoms with Crippen molar-refractivity contribution in [1.82, 2.24) is 0 Å². The molecular weight excluding hydrogens is 172 g/mol. The van der Waals surface area contributed by atoms with E-state index in [0.717, 1.165) is 24.8 Å². The van der Waals surface area contributed by atoms with Gasteiger partial charge in [0.05, 0.1) is 5.60 Å². The first kappa shape index (κ1) is 9.72. The molecule has 1 aliphatic carbocycles. The van der Waals surface area contributed by atoms with Crippen LogP contribution in [0.2, 0.25) is 0 Å². The monoisotopic (exact) mass is 190 g/mol. The van der Waals surface area contributed by atoms with Gasteiger partial charge in [0, 0.05) is 0 Å². The van der Waals surface area contributed by atoms with E-state index in [0.29, 0.717) is 0 Å². The SMILES string of the molecule is Cc1cc2c(cc1C)C(C)(O)CCC2. The van der Waals surface area contributed by atoms with Crippen molar-refractivity contribution >= 4 is 0 Å². The van der Waals surface area contributed by atoms with Gasteiger partial charge in [-0.3, -0.25) is 0 Å². The summed E-state index contributed by atoms with van der Waals surface area (Å²) in [4.78, 5) is 0. The minimum absolute atomic E-state index is 0.605. The zero-order valence-corrected chi connectivity index (χ0v) is 9.22. The van der Waals surface area contributed by atoms with Gasteiger partial charge in [-0.15, -0.1) is 0 Å². The maximum atomic E-state index is 10.2. The van der Waals surface area contributed by atoms with Gasteiger partial charge in [0.2, 0.25) is 0 Å². The average Bonchev–Trinajstić information content (AvgIpc) is 2.08. The molecule has 1 aromatic rings. The standard InChI is InChI=1S/C13H18O/c1-9-7-11-5-4-6-13(3,14)12(11)8-10(9)2/h7-8,14H,4-6H2,1-3H3. The Morgan fingerprint density at radius 2 is 1.86 bits per heavy atom. The predicted octanol–water partition coefficient (Wildman–Crippen LogP) is 2.85. The van der Waals surface area contributed by atoms with Crippen molar-refractivity contribution in [3.05, 3.63) is 34.4 Å². The highest BCUT2D eigenvalue weighted by atomic mass is 16.3. The molecule has 14 heavy (non-hydrogen) atoms. The summed E-state index contributed by atoms with van der Waals surface area (Å²) in [5.41, 5.74) is 4.50.